The molecule has 3 rings (SSSR count). The zero-order valence-electron chi connectivity index (χ0n) is 10.9. The van der Waals surface area contributed by atoms with Crippen molar-refractivity contribution in [3.63, 3.8) is 0 Å². The van der Waals surface area contributed by atoms with Crippen molar-refractivity contribution in [3.05, 3.63) is 62.4 Å². The van der Waals surface area contributed by atoms with E-state index in [1.54, 1.807) is 11.3 Å². The fourth-order valence-corrected chi connectivity index (χ4v) is 3.91. The van der Waals surface area contributed by atoms with Crippen LogP contribution in [0.5, 0.6) is 0 Å². The molecular weight excluding hydrogens is 334 g/mol. The predicted molar refractivity (Wildman–Crippen MR) is 87.7 cm³/mol. The largest absolute Gasteiger partial charge is 0.271 e. The third-order valence-electron chi connectivity index (χ3n) is 3.36. The number of hydrogen-bond donors (Lipinski definition) is 2. The number of rotatable bonds is 3. The molecule has 1 aromatic carbocycles. The molecule has 0 saturated carbocycles. The van der Waals surface area contributed by atoms with Gasteiger partial charge in [-0.1, -0.05) is 18.2 Å². The zero-order chi connectivity index (χ0) is 14.1. The Kier molecular flexibility index (Phi) is 3.85. The highest BCUT2D eigenvalue weighted by Crippen LogP contribution is 2.31. The van der Waals surface area contributed by atoms with E-state index in [0.29, 0.717) is 0 Å². The molecule has 3 aromatic rings. The van der Waals surface area contributed by atoms with Crippen LogP contribution in [0.2, 0.25) is 0 Å². The summed E-state index contributed by atoms with van der Waals surface area (Å²) in [6.45, 7) is 2.10. The number of nitrogens with two attached hydrogens (primary N) is 1. The third kappa shape index (κ3) is 2.38. The molecule has 2 heterocycles. The monoisotopic (exact) mass is 347 g/mol. The van der Waals surface area contributed by atoms with Crippen LogP contribution in [-0.2, 0) is 0 Å². The summed E-state index contributed by atoms with van der Waals surface area (Å²) in [5.74, 6) is 5.75. The van der Waals surface area contributed by atoms with E-state index in [-0.39, 0.29) is 6.04 Å². The Morgan fingerprint density at radius 3 is 2.80 bits per heavy atom. The lowest BCUT2D eigenvalue weighted by molar-refractivity contribution is 0.622. The number of hydrazine groups is 1. The van der Waals surface area contributed by atoms with E-state index in [0.717, 1.165) is 21.2 Å². The molecule has 0 bridgehead atoms. The number of benzene rings is 1. The first-order valence-corrected chi connectivity index (χ1v) is 7.98. The van der Waals surface area contributed by atoms with Crippen LogP contribution in [0.1, 0.15) is 22.9 Å². The second-order valence-electron chi connectivity index (χ2n) is 4.66. The molecule has 0 amide bonds. The summed E-state index contributed by atoms with van der Waals surface area (Å²) in [7, 11) is 0. The number of nitrogens with zero attached hydrogens (tertiary/aromatic N) is 1. The van der Waals surface area contributed by atoms with Gasteiger partial charge in [0.05, 0.1) is 17.3 Å². The van der Waals surface area contributed by atoms with Gasteiger partial charge in [0, 0.05) is 20.8 Å². The Morgan fingerprint density at radius 1 is 1.30 bits per heavy atom. The van der Waals surface area contributed by atoms with Gasteiger partial charge in [0.2, 0.25) is 0 Å². The van der Waals surface area contributed by atoms with Crippen LogP contribution in [0, 0.1) is 6.92 Å². The van der Waals surface area contributed by atoms with E-state index < -0.39 is 0 Å². The first-order valence-electron chi connectivity index (χ1n) is 6.24. The molecule has 0 spiro atoms. The Bertz CT molecular complexity index is 754. The highest BCUT2D eigenvalue weighted by atomic mass is 79.9. The summed E-state index contributed by atoms with van der Waals surface area (Å²) < 4.78 is 1.05. The summed E-state index contributed by atoms with van der Waals surface area (Å²) in [6.07, 6.45) is 0. The topological polar surface area (TPSA) is 50.9 Å². The minimum absolute atomic E-state index is 0.112. The van der Waals surface area contributed by atoms with Crippen molar-refractivity contribution in [2.45, 2.75) is 13.0 Å². The number of thiophene rings is 1. The van der Waals surface area contributed by atoms with Gasteiger partial charge in [0.1, 0.15) is 0 Å². The molecule has 0 aliphatic heterocycles. The van der Waals surface area contributed by atoms with E-state index in [1.807, 2.05) is 23.6 Å². The van der Waals surface area contributed by atoms with Crippen molar-refractivity contribution in [1.82, 2.24) is 10.4 Å². The first-order chi connectivity index (χ1) is 9.70. The van der Waals surface area contributed by atoms with Gasteiger partial charge in [-0.25, -0.2) is 5.43 Å². The number of hydrogen-bond acceptors (Lipinski definition) is 4. The van der Waals surface area contributed by atoms with Crippen LogP contribution >= 0.6 is 27.3 Å². The van der Waals surface area contributed by atoms with Crippen LogP contribution in [0.15, 0.2) is 45.6 Å². The average molecular weight is 348 g/mol. The van der Waals surface area contributed by atoms with Crippen molar-refractivity contribution in [2.24, 2.45) is 5.84 Å². The molecule has 0 aliphatic rings. The second kappa shape index (κ2) is 5.61. The SMILES string of the molecule is Cc1cc(C(NN)c2cscc2Br)nc2ccccc12. The molecule has 0 fully saturated rings. The van der Waals surface area contributed by atoms with Gasteiger partial charge in [-0.2, -0.15) is 11.3 Å². The van der Waals surface area contributed by atoms with Crippen LogP contribution < -0.4 is 11.3 Å². The van der Waals surface area contributed by atoms with Gasteiger partial charge < -0.3 is 0 Å². The van der Waals surface area contributed by atoms with Gasteiger partial charge in [0.25, 0.3) is 0 Å². The molecule has 5 heteroatoms. The van der Waals surface area contributed by atoms with E-state index in [9.17, 15) is 0 Å². The lowest BCUT2D eigenvalue weighted by Crippen LogP contribution is -2.29. The summed E-state index contributed by atoms with van der Waals surface area (Å²) >= 11 is 5.20. The molecule has 20 heavy (non-hydrogen) atoms. The molecule has 0 aliphatic carbocycles. The smallest absolute Gasteiger partial charge is 0.0900 e. The standard InChI is InChI=1S/C15H14BrN3S/c1-9-6-14(18-13-5-3-2-4-10(9)13)15(19-17)11-7-20-8-12(11)16/h2-8,15,19H,17H2,1H3. The Balaban J connectivity index is 2.15. The fraction of sp³-hybridized carbons (Fsp3) is 0.133. The van der Waals surface area contributed by atoms with Crippen LogP contribution in [-0.4, -0.2) is 4.98 Å². The van der Waals surface area contributed by atoms with Gasteiger partial charge in [-0.15, -0.1) is 0 Å². The normalized spacial score (nSPS) is 12.8. The summed E-state index contributed by atoms with van der Waals surface area (Å²) in [5, 5.41) is 5.31. The van der Waals surface area contributed by atoms with Crippen molar-refractivity contribution in [1.29, 1.82) is 0 Å². The summed E-state index contributed by atoms with van der Waals surface area (Å²) in [6, 6.07) is 10.1. The Labute approximate surface area is 129 Å². The number of aryl methyl sites for hydroxylation is 1. The van der Waals surface area contributed by atoms with E-state index in [1.165, 1.54) is 10.9 Å². The Morgan fingerprint density at radius 2 is 2.10 bits per heavy atom. The van der Waals surface area contributed by atoms with E-state index in [4.69, 9.17) is 10.8 Å². The van der Waals surface area contributed by atoms with Crippen molar-refractivity contribution in [3.8, 4) is 0 Å². The lowest BCUT2D eigenvalue weighted by Gasteiger charge is -2.16. The molecule has 3 N–H and O–H groups in total. The molecule has 1 unspecified atom stereocenters. The van der Waals surface area contributed by atoms with Gasteiger partial charge >= 0.3 is 0 Å². The predicted octanol–water partition coefficient (Wildman–Crippen LogP) is 3.92. The van der Waals surface area contributed by atoms with Crippen LogP contribution in [0.4, 0.5) is 0 Å². The number of pyridine rings is 1. The summed E-state index contributed by atoms with van der Waals surface area (Å²) in [4.78, 5) is 4.75. The number of aromatic nitrogens is 1. The summed E-state index contributed by atoms with van der Waals surface area (Å²) in [5.41, 5.74) is 7.11. The second-order valence-corrected chi connectivity index (χ2v) is 6.25. The number of para-hydroxylation sites is 1. The molecule has 0 saturated heterocycles. The molecule has 102 valence electrons. The average Bonchev–Trinajstić information content (AvgIpc) is 2.86. The maximum Gasteiger partial charge on any atom is 0.0900 e. The Hall–Kier alpha value is -1.27. The van der Waals surface area contributed by atoms with Gasteiger partial charge in [0.15, 0.2) is 0 Å². The van der Waals surface area contributed by atoms with E-state index >= 15 is 0 Å². The third-order valence-corrected chi connectivity index (χ3v) is 5.11. The number of halogens is 1. The molecule has 1 atom stereocenters. The van der Waals surface area contributed by atoms with E-state index in [2.05, 4.69) is 45.8 Å². The fourth-order valence-electron chi connectivity index (χ4n) is 2.36. The highest BCUT2D eigenvalue weighted by Gasteiger charge is 2.18. The minimum atomic E-state index is -0.112. The van der Waals surface area contributed by atoms with Crippen LogP contribution in [0.25, 0.3) is 10.9 Å². The minimum Gasteiger partial charge on any atom is -0.271 e. The van der Waals surface area contributed by atoms with Gasteiger partial charge in [-0.05, 0) is 45.9 Å². The first kappa shape index (κ1) is 13.7. The molecule has 0 radical (unpaired) electrons. The van der Waals surface area contributed by atoms with Crippen LogP contribution in [0.3, 0.4) is 0 Å². The maximum absolute atomic E-state index is 5.75. The zero-order valence-corrected chi connectivity index (χ0v) is 13.3. The maximum atomic E-state index is 5.75. The highest BCUT2D eigenvalue weighted by molar-refractivity contribution is 9.10. The lowest BCUT2D eigenvalue weighted by atomic mass is 10.0. The van der Waals surface area contributed by atoms with Crippen molar-refractivity contribution < 1.29 is 0 Å². The van der Waals surface area contributed by atoms with Crippen molar-refractivity contribution in [2.75, 3.05) is 0 Å². The molecule has 2 aromatic heterocycles. The number of fused-ring (bicyclic) bond motifs is 1. The number of nitrogens with one attached hydrogen (secondary N) is 1. The quantitative estimate of drug-likeness (QED) is 0.557. The molecular formula is C15H14BrN3S. The van der Waals surface area contributed by atoms with Gasteiger partial charge in [-0.3, -0.25) is 10.8 Å². The van der Waals surface area contributed by atoms with Crippen molar-refractivity contribution >= 4 is 38.2 Å². The molecule has 3 nitrogen and oxygen atoms in total.